The molecule has 1 fully saturated rings. The van der Waals surface area contributed by atoms with Crippen LogP contribution in [0.15, 0.2) is 24.3 Å². The van der Waals surface area contributed by atoms with Crippen molar-refractivity contribution in [2.45, 2.75) is 38.5 Å². The number of amides is 1. The van der Waals surface area contributed by atoms with Crippen LogP contribution in [0.4, 0.5) is 5.69 Å². The van der Waals surface area contributed by atoms with E-state index >= 15 is 0 Å². The largest absolute Gasteiger partial charge is 0.457 e. The number of nitrogens with zero attached hydrogens (tertiary/aromatic N) is 2. The summed E-state index contributed by atoms with van der Waals surface area (Å²) in [7, 11) is 0. The third-order valence-electron chi connectivity index (χ3n) is 3.97. The molecule has 136 valence electrons. The first-order chi connectivity index (χ1) is 11.9. The average Bonchev–Trinajstić information content (AvgIpc) is 2.60. The van der Waals surface area contributed by atoms with Crippen molar-refractivity contribution in [2.75, 3.05) is 5.75 Å². The standard InChI is InChI=1S/C16H20N2O6S/c1-3-12-13(19)17(15(12)25-4-2)14(20)16(21)24-9-10-5-7-11(8-6-10)18(22)23/h5-8,12,14-15,20H,3-4,9H2,1-2H3. The summed E-state index contributed by atoms with van der Waals surface area (Å²) in [6, 6.07) is 5.54. The fourth-order valence-electron chi connectivity index (χ4n) is 2.61. The predicted octanol–water partition coefficient (Wildman–Crippen LogP) is 1.90. The first kappa shape index (κ1) is 19.2. The average molecular weight is 368 g/mol. The van der Waals surface area contributed by atoms with E-state index in [4.69, 9.17) is 4.74 Å². The Hall–Kier alpha value is -2.13. The molecular formula is C16H20N2O6S. The van der Waals surface area contributed by atoms with Gasteiger partial charge >= 0.3 is 5.97 Å². The second-order valence-corrected chi connectivity index (χ2v) is 6.90. The maximum Gasteiger partial charge on any atom is 0.356 e. The lowest BCUT2D eigenvalue weighted by molar-refractivity contribution is -0.384. The Morgan fingerprint density at radius 3 is 2.56 bits per heavy atom. The number of carbonyl (C=O) groups excluding carboxylic acids is 2. The number of aliphatic hydroxyl groups excluding tert-OH is 1. The van der Waals surface area contributed by atoms with E-state index in [-0.39, 0.29) is 29.5 Å². The van der Waals surface area contributed by atoms with Gasteiger partial charge in [-0.25, -0.2) is 4.79 Å². The molecule has 9 heteroatoms. The van der Waals surface area contributed by atoms with Gasteiger partial charge in [-0.3, -0.25) is 19.8 Å². The van der Waals surface area contributed by atoms with Crippen LogP contribution in [0.1, 0.15) is 25.8 Å². The maximum absolute atomic E-state index is 12.1. The van der Waals surface area contributed by atoms with Gasteiger partial charge in [-0.05, 0) is 29.9 Å². The van der Waals surface area contributed by atoms with E-state index in [1.54, 1.807) is 0 Å². The van der Waals surface area contributed by atoms with Crippen LogP contribution < -0.4 is 0 Å². The van der Waals surface area contributed by atoms with Gasteiger partial charge in [0.15, 0.2) is 0 Å². The molecule has 1 heterocycles. The summed E-state index contributed by atoms with van der Waals surface area (Å²) in [4.78, 5) is 35.3. The molecule has 1 aromatic rings. The molecule has 0 spiro atoms. The Morgan fingerprint density at radius 1 is 1.40 bits per heavy atom. The molecule has 0 aromatic heterocycles. The zero-order chi connectivity index (χ0) is 18.6. The number of β-lactam (4-membered cyclic amide) rings is 1. The fourth-order valence-corrected chi connectivity index (χ4v) is 3.87. The van der Waals surface area contributed by atoms with E-state index < -0.39 is 17.1 Å². The monoisotopic (exact) mass is 368 g/mol. The highest BCUT2D eigenvalue weighted by molar-refractivity contribution is 7.99. The number of thioether (sulfide) groups is 1. The van der Waals surface area contributed by atoms with E-state index in [0.717, 1.165) is 10.7 Å². The summed E-state index contributed by atoms with van der Waals surface area (Å²) in [6.07, 6.45) is -0.991. The summed E-state index contributed by atoms with van der Waals surface area (Å²) in [5.74, 6) is -0.603. The second-order valence-electron chi connectivity index (χ2n) is 5.51. The third kappa shape index (κ3) is 4.10. The van der Waals surface area contributed by atoms with Gasteiger partial charge in [-0.15, -0.1) is 11.8 Å². The van der Waals surface area contributed by atoms with Crippen LogP contribution in [0.5, 0.6) is 0 Å². The second kappa shape index (κ2) is 8.30. The van der Waals surface area contributed by atoms with Gasteiger partial charge in [-0.2, -0.15) is 0 Å². The normalized spacial score (nSPS) is 20.8. The number of hydrogen-bond donors (Lipinski definition) is 1. The number of non-ortho nitro benzene ring substituents is 1. The Balaban J connectivity index is 1.93. The minimum absolute atomic E-state index is 0.0636. The van der Waals surface area contributed by atoms with Crippen LogP contribution in [-0.4, -0.2) is 44.2 Å². The number of likely N-dealkylation sites (tertiary alicyclic amines) is 1. The highest BCUT2D eigenvalue weighted by Gasteiger charge is 2.51. The summed E-state index contributed by atoms with van der Waals surface area (Å²) < 4.78 is 5.03. The van der Waals surface area contributed by atoms with Gasteiger partial charge in [-0.1, -0.05) is 13.8 Å². The smallest absolute Gasteiger partial charge is 0.356 e. The molecule has 1 N–H and O–H groups in total. The highest BCUT2D eigenvalue weighted by atomic mass is 32.2. The Kier molecular flexibility index (Phi) is 6.38. The van der Waals surface area contributed by atoms with Crippen molar-refractivity contribution in [1.29, 1.82) is 0 Å². The number of nitro groups is 1. The molecule has 1 aromatic carbocycles. The lowest BCUT2D eigenvalue weighted by Gasteiger charge is -2.47. The van der Waals surface area contributed by atoms with E-state index in [9.17, 15) is 24.8 Å². The minimum atomic E-state index is -1.64. The lowest BCUT2D eigenvalue weighted by Crippen LogP contribution is -2.64. The number of carbonyl (C=O) groups is 2. The first-order valence-electron chi connectivity index (χ1n) is 7.92. The van der Waals surface area contributed by atoms with Crippen LogP contribution in [0.3, 0.4) is 0 Å². The summed E-state index contributed by atoms with van der Waals surface area (Å²) >= 11 is 1.50. The van der Waals surface area contributed by atoms with Crippen molar-refractivity contribution in [2.24, 2.45) is 5.92 Å². The molecule has 1 aliphatic heterocycles. The Morgan fingerprint density at radius 2 is 2.04 bits per heavy atom. The van der Waals surface area contributed by atoms with Crippen molar-refractivity contribution < 1.29 is 24.4 Å². The van der Waals surface area contributed by atoms with E-state index in [1.807, 2.05) is 13.8 Å². The maximum atomic E-state index is 12.1. The van der Waals surface area contributed by atoms with Crippen molar-refractivity contribution >= 4 is 29.3 Å². The molecule has 3 unspecified atom stereocenters. The molecule has 1 amide bonds. The number of benzene rings is 1. The van der Waals surface area contributed by atoms with E-state index in [0.29, 0.717) is 12.0 Å². The van der Waals surface area contributed by atoms with Gasteiger partial charge < -0.3 is 9.84 Å². The minimum Gasteiger partial charge on any atom is -0.457 e. The van der Waals surface area contributed by atoms with Gasteiger partial charge in [0.2, 0.25) is 12.1 Å². The molecule has 2 rings (SSSR count). The van der Waals surface area contributed by atoms with Gasteiger partial charge in [0.25, 0.3) is 5.69 Å². The number of hydrogen-bond acceptors (Lipinski definition) is 7. The van der Waals surface area contributed by atoms with Gasteiger partial charge in [0, 0.05) is 12.1 Å². The zero-order valence-corrected chi connectivity index (χ0v) is 14.8. The molecule has 8 nitrogen and oxygen atoms in total. The van der Waals surface area contributed by atoms with E-state index in [2.05, 4.69) is 0 Å². The molecule has 3 atom stereocenters. The quantitative estimate of drug-likeness (QED) is 0.323. The van der Waals surface area contributed by atoms with Crippen molar-refractivity contribution in [3.05, 3.63) is 39.9 Å². The van der Waals surface area contributed by atoms with Crippen molar-refractivity contribution in [1.82, 2.24) is 4.90 Å². The molecule has 0 radical (unpaired) electrons. The highest BCUT2D eigenvalue weighted by Crippen LogP contribution is 2.38. The number of aliphatic hydroxyl groups is 1. The Bertz CT molecular complexity index is 651. The SMILES string of the molecule is CCSC1C(CC)C(=O)N1C(O)C(=O)OCc1ccc([N+](=O)[O-])cc1. The Labute approximate surface area is 149 Å². The number of ether oxygens (including phenoxy) is 1. The molecule has 25 heavy (non-hydrogen) atoms. The summed E-state index contributed by atoms with van der Waals surface area (Å²) in [5, 5.41) is 20.5. The van der Waals surface area contributed by atoms with Crippen LogP contribution in [0.25, 0.3) is 0 Å². The fraction of sp³-hybridized carbons (Fsp3) is 0.500. The van der Waals surface area contributed by atoms with Crippen LogP contribution >= 0.6 is 11.8 Å². The summed E-state index contributed by atoms with van der Waals surface area (Å²) in [5.41, 5.74) is 0.485. The molecule has 0 saturated carbocycles. The van der Waals surface area contributed by atoms with Crippen molar-refractivity contribution in [3.8, 4) is 0 Å². The zero-order valence-electron chi connectivity index (χ0n) is 14.0. The lowest BCUT2D eigenvalue weighted by atomic mass is 9.95. The van der Waals surface area contributed by atoms with Crippen LogP contribution in [0.2, 0.25) is 0 Å². The first-order valence-corrected chi connectivity index (χ1v) is 8.97. The van der Waals surface area contributed by atoms with Crippen LogP contribution in [0, 0.1) is 16.0 Å². The van der Waals surface area contributed by atoms with E-state index in [1.165, 1.54) is 36.0 Å². The van der Waals surface area contributed by atoms with Gasteiger partial charge in [0.05, 0.1) is 16.2 Å². The number of nitro benzene ring substituents is 1. The number of rotatable bonds is 8. The predicted molar refractivity (Wildman–Crippen MR) is 91.4 cm³/mol. The molecule has 1 aliphatic rings. The molecule has 0 bridgehead atoms. The van der Waals surface area contributed by atoms with Crippen LogP contribution in [-0.2, 0) is 20.9 Å². The number of esters is 1. The van der Waals surface area contributed by atoms with Crippen molar-refractivity contribution in [3.63, 3.8) is 0 Å². The molecule has 0 aliphatic carbocycles. The summed E-state index contributed by atoms with van der Waals surface area (Å²) in [6.45, 7) is 3.69. The van der Waals surface area contributed by atoms with Gasteiger partial charge in [0.1, 0.15) is 6.61 Å². The molecule has 1 saturated heterocycles. The topological polar surface area (TPSA) is 110 Å². The molecular weight excluding hydrogens is 348 g/mol. The third-order valence-corrected chi connectivity index (χ3v) is 5.20.